The highest BCUT2D eigenvalue weighted by molar-refractivity contribution is 6.44. The van der Waals surface area contributed by atoms with Crippen LogP contribution in [0.15, 0.2) is 12.1 Å². The largest absolute Gasteiger partial charge is 0.375 e. The summed E-state index contributed by atoms with van der Waals surface area (Å²) < 4.78 is 5.46. The molecule has 0 spiro atoms. The van der Waals surface area contributed by atoms with Gasteiger partial charge in [-0.1, -0.05) is 34.8 Å². The Bertz CT molecular complexity index is 476. The van der Waals surface area contributed by atoms with Crippen LogP contribution in [0.4, 0.5) is 5.69 Å². The number of benzene rings is 1. The van der Waals surface area contributed by atoms with Crippen LogP contribution in [0.3, 0.4) is 0 Å². The SMILES string of the molecule is O=C(CC1CNCCO1)Nc1cc(Cl)c(Cl)cc1Cl. The molecule has 0 aliphatic carbocycles. The normalized spacial score (nSPS) is 19.2. The van der Waals surface area contributed by atoms with E-state index in [1.54, 1.807) is 0 Å². The highest BCUT2D eigenvalue weighted by Crippen LogP contribution is 2.32. The van der Waals surface area contributed by atoms with Crippen molar-refractivity contribution < 1.29 is 9.53 Å². The first-order valence-corrected chi connectivity index (χ1v) is 6.96. The number of halogens is 3. The number of hydrogen-bond acceptors (Lipinski definition) is 3. The first-order chi connectivity index (χ1) is 9.06. The smallest absolute Gasteiger partial charge is 0.227 e. The van der Waals surface area contributed by atoms with Gasteiger partial charge in [-0.2, -0.15) is 0 Å². The molecule has 0 bridgehead atoms. The van der Waals surface area contributed by atoms with E-state index in [9.17, 15) is 4.79 Å². The van der Waals surface area contributed by atoms with Crippen LogP contribution in [0.2, 0.25) is 15.1 Å². The van der Waals surface area contributed by atoms with E-state index in [1.807, 2.05) is 0 Å². The molecule has 0 saturated carbocycles. The molecule has 1 aromatic rings. The van der Waals surface area contributed by atoms with Gasteiger partial charge < -0.3 is 15.4 Å². The molecule has 0 radical (unpaired) electrons. The van der Waals surface area contributed by atoms with E-state index in [4.69, 9.17) is 39.5 Å². The first-order valence-electron chi connectivity index (χ1n) is 5.83. The summed E-state index contributed by atoms with van der Waals surface area (Å²) in [4.78, 5) is 11.9. The van der Waals surface area contributed by atoms with Crippen LogP contribution in [0, 0.1) is 0 Å². The standard InChI is InChI=1S/C12H13Cl3N2O2/c13-8-4-10(15)11(5-9(8)14)17-12(18)3-7-6-16-1-2-19-7/h4-5,7,16H,1-3,6H2,(H,17,18). The summed E-state index contributed by atoms with van der Waals surface area (Å²) in [5.41, 5.74) is 0.449. The van der Waals surface area contributed by atoms with Gasteiger partial charge in [-0.05, 0) is 12.1 Å². The van der Waals surface area contributed by atoms with Crippen LogP contribution in [0.1, 0.15) is 6.42 Å². The lowest BCUT2D eigenvalue weighted by Crippen LogP contribution is -2.40. The van der Waals surface area contributed by atoms with Gasteiger partial charge in [0.25, 0.3) is 0 Å². The van der Waals surface area contributed by atoms with Crippen molar-refractivity contribution in [3.63, 3.8) is 0 Å². The number of amides is 1. The summed E-state index contributed by atoms with van der Waals surface area (Å²) in [6.45, 7) is 2.10. The van der Waals surface area contributed by atoms with E-state index < -0.39 is 0 Å². The molecule has 104 valence electrons. The molecule has 1 aliphatic heterocycles. The molecule has 2 N–H and O–H groups in total. The molecule has 1 atom stereocenters. The van der Waals surface area contributed by atoms with Crippen LogP contribution in [0.25, 0.3) is 0 Å². The van der Waals surface area contributed by atoms with Crippen LogP contribution < -0.4 is 10.6 Å². The molecule has 4 nitrogen and oxygen atoms in total. The van der Waals surface area contributed by atoms with Crippen LogP contribution in [-0.4, -0.2) is 31.7 Å². The second kappa shape index (κ2) is 6.77. The van der Waals surface area contributed by atoms with E-state index in [-0.39, 0.29) is 18.4 Å². The van der Waals surface area contributed by atoms with Crippen molar-refractivity contribution in [3.05, 3.63) is 27.2 Å². The molecule has 1 saturated heterocycles. The summed E-state index contributed by atoms with van der Waals surface area (Å²) in [6.07, 6.45) is 0.152. The van der Waals surface area contributed by atoms with Crippen molar-refractivity contribution in [1.29, 1.82) is 0 Å². The second-order valence-electron chi connectivity index (χ2n) is 4.20. The van der Waals surface area contributed by atoms with Crippen molar-refractivity contribution in [1.82, 2.24) is 5.32 Å². The average molecular weight is 324 g/mol. The van der Waals surface area contributed by atoms with E-state index in [0.717, 1.165) is 6.54 Å². The monoisotopic (exact) mass is 322 g/mol. The summed E-state index contributed by atoms with van der Waals surface area (Å²) >= 11 is 17.7. The Morgan fingerprint density at radius 3 is 2.74 bits per heavy atom. The fourth-order valence-electron chi connectivity index (χ4n) is 1.78. The van der Waals surface area contributed by atoms with E-state index in [1.165, 1.54) is 12.1 Å². The Morgan fingerprint density at radius 2 is 2.05 bits per heavy atom. The van der Waals surface area contributed by atoms with Crippen LogP contribution in [0.5, 0.6) is 0 Å². The Hall–Kier alpha value is -0.520. The Kier molecular flexibility index (Phi) is 5.30. The number of carbonyl (C=O) groups excluding carboxylic acids is 1. The molecule has 1 amide bonds. The minimum absolute atomic E-state index is 0.115. The molecule has 1 aliphatic rings. The topological polar surface area (TPSA) is 50.4 Å². The molecule has 1 fully saturated rings. The number of rotatable bonds is 3. The number of carbonyl (C=O) groups is 1. The van der Waals surface area contributed by atoms with Gasteiger partial charge in [0, 0.05) is 13.1 Å². The van der Waals surface area contributed by atoms with Gasteiger partial charge in [-0.3, -0.25) is 4.79 Å². The second-order valence-corrected chi connectivity index (χ2v) is 5.42. The predicted molar refractivity (Wildman–Crippen MR) is 77.3 cm³/mol. The van der Waals surface area contributed by atoms with Crippen LogP contribution >= 0.6 is 34.8 Å². The maximum absolute atomic E-state index is 11.9. The average Bonchev–Trinajstić information content (AvgIpc) is 2.37. The number of anilines is 1. The highest BCUT2D eigenvalue weighted by Gasteiger charge is 2.18. The van der Waals surface area contributed by atoms with Gasteiger partial charge in [-0.15, -0.1) is 0 Å². The number of morpholine rings is 1. The number of hydrogen-bond donors (Lipinski definition) is 2. The van der Waals surface area contributed by atoms with Crippen molar-refractivity contribution in [2.24, 2.45) is 0 Å². The van der Waals surface area contributed by atoms with Crippen molar-refractivity contribution in [3.8, 4) is 0 Å². The Morgan fingerprint density at radius 1 is 1.32 bits per heavy atom. The predicted octanol–water partition coefficient (Wildman–Crippen LogP) is 2.96. The maximum Gasteiger partial charge on any atom is 0.227 e. The van der Waals surface area contributed by atoms with Crippen LogP contribution in [-0.2, 0) is 9.53 Å². The molecule has 7 heteroatoms. The van der Waals surface area contributed by atoms with Gasteiger partial charge in [-0.25, -0.2) is 0 Å². The maximum atomic E-state index is 11.9. The van der Waals surface area contributed by atoms with Gasteiger partial charge in [0.05, 0.1) is 39.9 Å². The summed E-state index contributed by atoms with van der Waals surface area (Å²) in [7, 11) is 0. The minimum Gasteiger partial charge on any atom is -0.375 e. The molecule has 0 aromatic heterocycles. The zero-order chi connectivity index (χ0) is 13.8. The summed E-state index contributed by atoms with van der Waals surface area (Å²) in [5, 5.41) is 6.91. The quantitative estimate of drug-likeness (QED) is 0.841. The fourth-order valence-corrected chi connectivity index (χ4v) is 2.37. The van der Waals surface area contributed by atoms with E-state index in [0.29, 0.717) is 33.9 Å². The van der Waals surface area contributed by atoms with Crippen molar-refractivity contribution in [2.75, 3.05) is 25.0 Å². The molecule has 1 unspecified atom stereocenters. The first kappa shape index (κ1) is 14.9. The molecule has 19 heavy (non-hydrogen) atoms. The van der Waals surface area contributed by atoms with Gasteiger partial charge in [0.1, 0.15) is 0 Å². The molecular weight excluding hydrogens is 311 g/mol. The van der Waals surface area contributed by atoms with Gasteiger partial charge in [0.15, 0.2) is 0 Å². The van der Waals surface area contributed by atoms with Gasteiger partial charge >= 0.3 is 0 Å². The lowest BCUT2D eigenvalue weighted by Gasteiger charge is -2.23. The summed E-state index contributed by atoms with van der Waals surface area (Å²) in [6, 6.07) is 3.03. The third kappa shape index (κ3) is 4.23. The third-order valence-electron chi connectivity index (χ3n) is 2.70. The number of nitrogens with one attached hydrogen (secondary N) is 2. The molecule has 1 heterocycles. The zero-order valence-electron chi connectivity index (χ0n) is 10.0. The van der Waals surface area contributed by atoms with E-state index >= 15 is 0 Å². The molecule has 2 rings (SSSR count). The lowest BCUT2D eigenvalue weighted by atomic mass is 10.2. The van der Waals surface area contributed by atoms with Gasteiger partial charge in [0.2, 0.25) is 5.91 Å². The Labute approximate surface area is 126 Å². The lowest BCUT2D eigenvalue weighted by molar-refractivity contribution is -0.119. The summed E-state index contributed by atoms with van der Waals surface area (Å²) in [5.74, 6) is -0.172. The molecular formula is C12H13Cl3N2O2. The molecule has 1 aromatic carbocycles. The minimum atomic E-state index is -0.172. The Balaban J connectivity index is 1.96. The zero-order valence-corrected chi connectivity index (χ0v) is 12.3. The highest BCUT2D eigenvalue weighted by atomic mass is 35.5. The number of ether oxygens (including phenoxy) is 1. The van der Waals surface area contributed by atoms with Crippen molar-refractivity contribution in [2.45, 2.75) is 12.5 Å². The van der Waals surface area contributed by atoms with E-state index in [2.05, 4.69) is 10.6 Å². The van der Waals surface area contributed by atoms with Crippen molar-refractivity contribution >= 4 is 46.4 Å². The fraction of sp³-hybridized carbons (Fsp3) is 0.417. The third-order valence-corrected chi connectivity index (χ3v) is 3.74.